The van der Waals surface area contributed by atoms with Crippen LogP contribution >= 0.6 is 43.5 Å². The Morgan fingerprint density at radius 2 is 1.96 bits per heavy atom. The van der Waals surface area contributed by atoms with Crippen LogP contribution in [0.4, 0.5) is 11.4 Å². The first-order chi connectivity index (χ1) is 10.9. The van der Waals surface area contributed by atoms with Crippen molar-refractivity contribution in [3.63, 3.8) is 0 Å². The predicted molar refractivity (Wildman–Crippen MR) is 96.4 cm³/mol. The van der Waals surface area contributed by atoms with Gasteiger partial charge in [-0.3, -0.25) is 14.9 Å². The molecule has 0 aliphatic carbocycles. The lowest BCUT2D eigenvalue weighted by molar-refractivity contribution is -0.384. The lowest BCUT2D eigenvalue weighted by atomic mass is 10.0. The van der Waals surface area contributed by atoms with Crippen molar-refractivity contribution < 1.29 is 9.72 Å². The van der Waals surface area contributed by atoms with Crippen LogP contribution in [0.2, 0.25) is 5.02 Å². The molecule has 116 valence electrons. The van der Waals surface area contributed by atoms with Crippen molar-refractivity contribution in [2.24, 2.45) is 0 Å². The fourth-order valence-corrected chi connectivity index (χ4v) is 3.80. The van der Waals surface area contributed by atoms with E-state index in [2.05, 4.69) is 37.2 Å². The van der Waals surface area contributed by atoms with Crippen LogP contribution in [0.1, 0.15) is 11.1 Å². The number of nitro benzene ring substituents is 1. The molecule has 1 heterocycles. The van der Waals surface area contributed by atoms with E-state index < -0.39 is 4.92 Å². The number of carbonyl (C=O) groups is 1. The van der Waals surface area contributed by atoms with Gasteiger partial charge in [-0.15, -0.1) is 0 Å². The Morgan fingerprint density at radius 1 is 1.22 bits per heavy atom. The molecule has 0 bridgehead atoms. The second-order valence-electron chi connectivity index (χ2n) is 4.79. The van der Waals surface area contributed by atoms with Gasteiger partial charge < -0.3 is 5.32 Å². The van der Waals surface area contributed by atoms with Gasteiger partial charge >= 0.3 is 0 Å². The van der Waals surface area contributed by atoms with Gasteiger partial charge in [-0.05, 0) is 45.8 Å². The van der Waals surface area contributed by atoms with Crippen LogP contribution in [0, 0.1) is 10.1 Å². The molecule has 0 radical (unpaired) electrons. The third kappa shape index (κ3) is 3.04. The smallest absolute Gasteiger partial charge is 0.288 e. The highest BCUT2D eigenvalue weighted by Crippen LogP contribution is 2.40. The number of hydrogen-bond donors (Lipinski definition) is 1. The van der Waals surface area contributed by atoms with Gasteiger partial charge in [-0.1, -0.05) is 33.6 Å². The molecule has 1 aliphatic rings. The zero-order valence-electron chi connectivity index (χ0n) is 11.3. The van der Waals surface area contributed by atoms with Crippen LogP contribution in [-0.4, -0.2) is 10.8 Å². The SMILES string of the molecule is O=C1Nc2c(Br)cc(Br)cc2C1=Cc1ccc(Cl)c([N+](=O)[O-])c1. The van der Waals surface area contributed by atoms with Gasteiger partial charge in [-0.25, -0.2) is 0 Å². The van der Waals surface area contributed by atoms with E-state index >= 15 is 0 Å². The number of nitrogens with zero attached hydrogens (tertiary/aromatic N) is 1. The molecule has 3 rings (SSSR count). The van der Waals surface area contributed by atoms with E-state index in [0.29, 0.717) is 22.4 Å². The Balaban J connectivity index is 2.13. The molecule has 1 aliphatic heterocycles. The molecule has 23 heavy (non-hydrogen) atoms. The van der Waals surface area contributed by atoms with E-state index in [0.717, 1.165) is 8.95 Å². The maximum absolute atomic E-state index is 12.2. The Morgan fingerprint density at radius 3 is 2.65 bits per heavy atom. The molecule has 0 saturated heterocycles. The minimum Gasteiger partial charge on any atom is -0.320 e. The summed E-state index contributed by atoms with van der Waals surface area (Å²) in [6.45, 7) is 0. The molecule has 5 nitrogen and oxygen atoms in total. The lowest BCUT2D eigenvalue weighted by Crippen LogP contribution is -2.03. The van der Waals surface area contributed by atoms with E-state index in [1.807, 2.05) is 12.1 Å². The van der Waals surface area contributed by atoms with E-state index in [9.17, 15) is 14.9 Å². The summed E-state index contributed by atoms with van der Waals surface area (Å²) in [4.78, 5) is 22.6. The van der Waals surface area contributed by atoms with Gasteiger partial charge in [0.2, 0.25) is 0 Å². The topological polar surface area (TPSA) is 72.2 Å². The molecule has 0 spiro atoms. The van der Waals surface area contributed by atoms with Crippen molar-refractivity contribution in [2.75, 3.05) is 5.32 Å². The van der Waals surface area contributed by atoms with E-state index in [4.69, 9.17) is 11.6 Å². The van der Waals surface area contributed by atoms with Gasteiger partial charge in [0.15, 0.2) is 0 Å². The third-order valence-electron chi connectivity index (χ3n) is 3.31. The highest BCUT2D eigenvalue weighted by Gasteiger charge is 2.26. The number of rotatable bonds is 2. The molecule has 0 unspecified atom stereocenters. The number of carbonyl (C=O) groups excluding carboxylic acids is 1. The second kappa shape index (κ2) is 6.07. The van der Waals surface area contributed by atoms with E-state index in [1.54, 1.807) is 12.1 Å². The number of anilines is 1. The van der Waals surface area contributed by atoms with Crippen molar-refractivity contribution in [3.05, 3.63) is 65.5 Å². The van der Waals surface area contributed by atoms with Crippen molar-refractivity contribution in [3.8, 4) is 0 Å². The Bertz CT molecular complexity index is 897. The minimum atomic E-state index is -0.555. The Labute approximate surface area is 152 Å². The standard InChI is InChI=1S/C15H7Br2ClN2O3/c16-8-5-9-10(15(21)19-14(9)11(17)6-8)3-7-1-2-12(18)13(4-7)20(22)23/h1-6H,(H,19,21). The van der Waals surface area contributed by atoms with Crippen LogP contribution in [0.15, 0.2) is 39.3 Å². The van der Waals surface area contributed by atoms with Gasteiger partial charge in [0, 0.05) is 26.1 Å². The van der Waals surface area contributed by atoms with Crippen LogP contribution in [0.3, 0.4) is 0 Å². The fourth-order valence-electron chi connectivity index (χ4n) is 2.29. The average Bonchev–Trinajstić information content (AvgIpc) is 2.78. The molecular weight excluding hydrogens is 451 g/mol. The first kappa shape index (κ1) is 16.2. The number of hydrogen-bond acceptors (Lipinski definition) is 3. The number of amides is 1. The number of benzene rings is 2. The highest BCUT2D eigenvalue weighted by molar-refractivity contribution is 9.11. The molecule has 2 aromatic rings. The van der Waals surface area contributed by atoms with Crippen molar-refractivity contribution >= 4 is 72.4 Å². The molecule has 8 heteroatoms. The number of nitro groups is 1. The molecule has 0 aromatic heterocycles. The van der Waals surface area contributed by atoms with E-state index in [1.165, 1.54) is 12.1 Å². The van der Waals surface area contributed by atoms with Crippen LogP contribution < -0.4 is 5.32 Å². The van der Waals surface area contributed by atoms with E-state index in [-0.39, 0.29) is 16.6 Å². The monoisotopic (exact) mass is 456 g/mol. The normalized spacial score (nSPS) is 14.7. The largest absolute Gasteiger partial charge is 0.320 e. The summed E-state index contributed by atoms with van der Waals surface area (Å²) in [6, 6.07) is 8.05. The summed E-state index contributed by atoms with van der Waals surface area (Å²) in [5.41, 5.74) is 2.14. The van der Waals surface area contributed by atoms with Crippen LogP contribution in [-0.2, 0) is 4.79 Å². The molecule has 1 N–H and O–H groups in total. The number of halogens is 3. The maximum atomic E-state index is 12.2. The summed E-state index contributed by atoms with van der Waals surface area (Å²) >= 11 is 12.6. The second-order valence-corrected chi connectivity index (χ2v) is 6.97. The Hall–Kier alpha value is -1.70. The fraction of sp³-hybridized carbons (Fsp3) is 0. The first-order valence-electron chi connectivity index (χ1n) is 6.33. The maximum Gasteiger partial charge on any atom is 0.288 e. The van der Waals surface area contributed by atoms with Crippen LogP contribution in [0.5, 0.6) is 0 Å². The summed E-state index contributed by atoms with van der Waals surface area (Å²) in [6.07, 6.45) is 1.60. The van der Waals surface area contributed by atoms with Gasteiger partial charge in [-0.2, -0.15) is 0 Å². The third-order valence-corrected chi connectivity index (χ3v) is 4.71. The molecule has 1 amide bonds. The summed E-state index contributed by atoms with van der Waals surface area (Å²) in [5, 5.41) is 13.8. The van der Waals surface area contributed by atoms with Gasteiger partial charge in [0.1, 0.15) is 5.02 Å². The van der Waals surface area contributed by atoms with Gasteiger partial charge in [0.25, 0.3) is 11.6 Å². The molecule has 0 atom stereocenters. The zero-order chi connectivity index (χ0) is 16.7. The van der Waals surface area contributed by atoms with Crippen LogP contribution in [0.25, 0.3) is 11.6 Å². The van der Waals surface area contributed by atoms with Gasteiger partial charge in [0.05, 0.1) is 10.6 Å². The minimum absolute atomic E-state index is 0.0545. The molecule has 2 aromatic carbocycles. The zero-order valence-corrected chi connectivity index (χ0v) is 15.2. The summed E-state index contributed by atoms with van der Waals surface area (Å²) < 4.78 is 1.56. The average molecular weight is 458 g/mol. The summed E-state index contributed by atoms with van der Waals surface area (Å²) in [5.74, 6) is -0.267. The summed E-state index contributed by atoms with van der Waals surface area (Å²) in [7, 11) is 0. The first-order valence-corrected chi connectivity index (χ1v) is 8.29. The molecule has 0 fully saturated rings. The molecule has 0 saturated carbocycles. The predicted octanol–water partition coefficient (Wildman–Crippen LogP) is 5.27. The Kier molecular flexibility index (Phi) is 4.27. The lowest BCUT2D eigenvalue weighted by Gasteiger charge is -2.03. The number of fused-ring (bicyclic) bond motifs is 1. The molecular formula is C15H7Br2ClN2O3. The highest BCUT2D eigenvalue weighted by atomic mass is 79.9. The van der Waals surface area contributed by atoms with Crippen molar-refractivity contribution in [1.82, 2.24) is 0 Å². The van der Waals surface area contributed by atoms with Crippen molar-refractivity contribution in [1.29, 1.82) is 0 Å². The number of nitrogens with one attached hydrogen (secondary N) is 1. The quantitative estimate of drug-likeness (QED) is 0.379. The van der Waals surface area contributed by atoms with Crippen molar-refractivity contribution in [2.45, 2.75) is 0 Å².